The van der Waals surface area contributed by atoms with Gasteiger partial charge < -0.3 is 14.6 Å². The molecule has 0 spiro atoms. The number of benzene rings is 2. The maximum absolute atomic E-state index is 11.7. The van der Waals surface area contributed by atoms with Gasteiger partial charge >= 0.3 is 5.97 Å². The van der Waals surface area contributed by atoms with Crippen LogP contribution in [0.25, 0.3) is 11.6 Å². The summed E-state index contributed by atoms with van der Waals surface area (Å²) in [6.07, 6.45) is 3.52. The van der Waals surface area contributed by atoms with Crippen molar-refractivity contribution in [1.29, 1.82) is 0 Å². The number of carboxylic acids is 1. The van der Waals surface area contributed by atoms with E-state index < -0.39 is 5.97 Å². The number of ether oxygens (including phenoxy) is 2. The van der Waals surface area contributed by atoms with Crippen molar-refractivity contribution in [2.45, 2.75) is 26.7 Å². The van der Waals surface area contributed by atoms with E-state index in [0.29, 0.717) is 40.9 Å². The molecule has 0 heterocycles. The van der Waals surface area contributed by atoms with Crippen LogP contribution in [0.3, 0.4) is 0 Å². The van der Waals surface area contributed by atoms with E-state index in [-0.39, 0.29) is 5.57 Å². The van der Waals surface area contributed by atoms with Gasteiger partial charge in [0.25, 0.3) is 0 Å². The number of halogens is 1. The molecule has 0 aliphatic rings. The Bertz CT molecular complexity index is 769. The van der Waals surface area contributed by atoms with E-state index in [2.05, 4.69) is 6.92 Å². The second-order valence-electron chi connectivity index (χ2n) is 5.69. The summed E-state index contributed by atoms with van der Waals surface area (Å²) >= 11 is 6.38. The Morgan fingerprint density at radius 2 is 1.88 bits per heavy atom. The van der Waals surface area contributed by atoms with Crippen LogP contribution in [0.1, 0.15) is 37.8 Å². The zero-order chi connectivity index (χ0) is 18.9. The molecule has 0 aliphatic carbocycles. The summed E-state index contributed by atoms with van der Waals surface area (Å²) in [6, 6.07) is 12.4. The van der Waals surface area contributed by atoms with Crippen molar-refractivity contribution in [2.24, 2.45) is 0 Å². The highest BCUT2D eigenvalue weighted by Crippen LogP contribution is 2.38. The Morgan fingerprint density at radius 1 is 1.15 bits per heavy atom. The number of unbranched alkanes of at least 4 members (excludes halogenated alkanes) is 1. The number of hydrogen-bond donors (Lipinski definition) is 1. The lowest BCUT2D eigenvalue weighted by Gasteiger charge is -2.14. The van der Waals surface area contributed by atoms with Gasteiger partial charge in [0.15, 0.2) is 11.5 Å². The van der Waals surface area contributed by atoms with Crippen LogP contribution >= 0.6 is 11.6 Å². The number of hydrogen-bond acceptors (Lipinski definition) is 3. The smallest absolute Gasteiger partial charge is 0.336 e. The lowest BCUT2D eigenvalue weighted by Crippen LogP contribution is -2.02. The van der Waals surface area contributed by atoms with Gasteiger partial charge in [0.2, 0.25) is 0 Å². The summed E-state index contributed by atoms with van der Waals surface area (Å²) in [7, 11) is 0. The molecular formula is C21H23ClO4. The molecule has 0 bridgehead atoms. The van der Waals surface area contributed by atoms with Gasteiger partial charge in [0.05, 0.1) is 23.8 Å². The predicted octanol–water partition coefficient (Wildman–Crippen LogP) is 5.54. The second-order valence-corrected chi connectivity index (χ2v) is 6.10. The van der Waals surface area contributed by atoms with Crippen LogP contribution in [0, 0.1) is 0 Å². The summed E-state index contributed by atoms with van der Waals surface area (Å²) < 4.78 is 11.4. The van der Waals surface area contributed by atoms with Gasteiger partial charge in [-0.2, -0.15) is 0 Å². The number of carboxylic acid groups (broad SMARTS) is 1. The molecule has 0 aliphatic heterocycles. The average molecular weight is 375 g/mol. The third kappa shape index (κ3) is 5.27. The average Bonchev–Trinajstić information content (AvgIpc) is 2.62. The Balaban J connectivity index is 2.43. The molecule has 0 amide bonds. The molecule has 0 saturated carbocycles. The Hall–Kier alpha value is -2.46. The second kappa shape index (κ2) is 9.88. The Labute approximate surface area is 159 Å². The quantitative estimate of drug-likeness (QED) is 0.355. The van der Waals surface area contributed by atoms with Crippen molar-refractivity contribution < 1.29 is 19.4 Å². The van der Waals surface area contributed by atoms with Crippen LogP contribution in [0.4, 0.5) is 0 Å². The van der Waals surface area contributed by atoms with Gasteiger partial charge in [-0.15, -0.1) is 0 Å². The monoisotopic (exact) mass is 374 g/mol. The molecule has 26 heavy (non-hydrogen) atoms. The molecule has 138 valence electrons. The van der Waals surface area contributed by atoms with Gasteiger partial charge in [0, 0.05) is 0 Å². The summed E-state index contributed by atoms with van der Waals surface area (Å²) in [5, 5.41) is 9.97. The molecule has 0 atom stereocenters. The predicted molar refractivity (Wildman–Crippen MR) is 105 cm³/mol. The minimum atomic E-state index is -1.01. The van der Waals surface area contributed by atoms with Gasteiger partial charge in [-0.1, -0.05) is 55.3 Å². The third-order valence-electron chi connectivity index (χ3n) is 3.70. The van der Waals surface area contributed by atoms with Crippen molar-refractivity contribution in [2.75, 3.05) is 13.2 Å². The van der Waals surface area contributed by atoms with Gasteiger partial charge in [-0.25, -0.2) is 4.79 Å². The molecule has 0 saturated heterocycles. The van der Waals surface area contributed by atoms with Crippen LogP contribution in [0.15, 0.2) is 42.5 Å². The fourth-order valence-electron chi connectivity index (χ4n) is 2.45. The third-order valence-corrected chi connectivity index (χ3v) is 3.98. The highest BCUT2D eigenvalue weighted by Gasteiger charge is 2.15. The number of aliphatic carboxylic acids is 1. The van der Waals surface area contributed by atoms with Crippen LogP contribution in [-0.4, -0.2) is 24.3 Å². The van der Waals surface area contributed by atoms with Crippen molar-refractivity contribution in [3.05, 3.63) is 58.6 Å². The van der Waals surface area contributed by atoms with Crippen molar-refractivity contribution in [3.8, 4) is 11.5 Å². The molecular weight excluding hydrogens is 352 g/mol. The first-order chi connectivity index (χ1) is 12.6. The van der Waals surface area contributed by atoms with Crippen molar-refractivity contribution >= 4 is 29.2 Å². The van der Waals surface area contributed by atoms with E-state index in [1.54, 1.807) is 42.5 Å². The molecule has 0 radical (unpaired) electrons. The zero-order valence-corrected chi connectivity index (χ0v) is 15.8. The van der Waals surface area contributed by atoms with Crippen LogP contribution in [-0.2, 0) is 4.79 Å². The maximum atomic E-state index is 11.7. The zero-order valence-electron chi connectivity index (χ0n) is 15.0. The Morgan fingerprint density at radius 3 is 2.50 bits per heavy atom. The molecule has 2 aromatic carbocycles. The maximum Gasteiger partial charge on any atom is 0.336 e. The first-order valence-electron chi connectivity index (χ1n) is 8.66. The van der Waals surface area contributed by atoms with E-state index in [0.717, 1.165) is 12.8 Å². The first kappa shape index (κ1) is 19.9. The van der Waals surface area contributed by atoms with Crippen LogP contribution in [0.2, 0.25) is 5.02 Å². The fourth-order valence-corrected chi connectivity index (χ4v) is 2.72. The summed E-state index contributed by atoms with van der Waals surface area (Å²) in [4.78, 5) is 11.7. The van der Waals surface area contributed by atoms with E-state index >= 15 is 0 Å². The van der Waals surface area contributed by atoms with Gasteiger partial charge in [0.1, 0.15) is 0 Å². The van der Waals surface area contributed by atoms with Gasteiger partial charge in [-0.05, 0) is 42.7 Å². The summed E-state index contributed by atoms with van der Waals surface area (Å²) in [6.45, 7) is 4.96. The normalized spacial score (nSPS) is 11.3. The molecule has 4 nitrogen and oxygen atoms in total. The molecule has 1 N–H and O–H groups in total. The fraction of sp³-hybridized carbons (Fsp3) is 0.286. The van der Waals surface area contributed by atoms with Crippen LogP contribution in [0.5, 0.6) is 11.5 Å². The highest BCUT2D eigenvalue weighted by atomic mass is 35.5. The SMILES string of the molecule is CCCCOc1c(Cl)cc(/C=C(\C(=O)O)c2ccccc2)cc1OCC. The minimum Gasteiger partial charge on any atom is -0.490 e. The minimum absolute atomic E-state index is 0.184. The van der Waals surface area contributed by atoms with E-state index in [9.17, 15) is 9.90 Å². The van der Waals surface area contributed by atoms with Crippen molar-refractivity contribution in [3.63, 3.8) is 0 Å². The Kier molecular flexibility index (Phi) is 7.54. The molecule has 0 unspecified atom stereocenters. The van der Waals surface area contributed by atoms with E-state index in [1.165, 1.54) is 0 Å². The summed E-state index contributed by atoms with van der Waals surface area (Å²) in [5.41, 5.74) is 1.45. The lowest BCUT2D eigenvalue weighted by atomic mass is 10.0. The van der Waals surface area contributed by atoms with Crippen LogP contribution < -0.4 is 9.47 Å². The molecule has 0 fully saturated rings. The number of carbonyl (C=O) groups is 1. The van der Waals surface area contributed by atoms with Crippen molar-refractivity contribution in [1.82, 2.24) is 0 Å². The lowest BCUT2D eigenvalue weighted by molar-refractivity contribution is -0.130. The highest BCUT2D eigenvalue weighted by molar-refractivity contribution is 6.32. The van der Waals surface area contributed by atoms with E-state index in [4.69, 9.17) is 21.1 Å². The molecule has 5 heteroatoms. The summed E-state index contributed by atoms with van der Waals surface area (Å²) in [5.74, 6) is 0.00408. The largest absolute Gasteiger partial charge is 0.490 e. The standard InChI is InChI=1S/C21H23ClO4/c1-3-5-11-26-20-18(22)13-15(14-19(20)25-4-2)12-17(21(23)24)16-9-7-6-8-10-16/h6-10,12-14H,3-5,11H2,1-2H3,(H,23,24)/b17-12-. The molecule has 2 aromatic rings. The topological polar surface area (TPSA) is 55.8 Å². The first-order valence-corrected chi connectivity index (χ1v) is 9.04. The van der Waals surface area contributed by atoms with Gasteiger partial charge in [-0.3, -0.25) is 0 Å². The molecule has 2 rings (SSSR count). The van der Waals surface area contributed by atoms with E-state index in [1.807, 2.05) is 13.0 Å². The molecule has 0 aromatic heterocycles. The number of rotatable bonds is 9.